The van der Waals surface area contributed by atoms with Gasteiger partial charge in [-0.2, -0.15) is 0 Å². The first-order valence-corrected chi connectivity index (χ1v) is 8.73. The number of aliphatic hydroxyl groups is 4. The lowest BCUT2D eigenvalue weighted by molar-refractivity contribution is -0.310. The van der Waals surface area contributed by atoms with Crippen molar-refractivity contribution in [2.75, 3.05) is 6.61 Å². The molecule has 25 heavy (non-hydrogen) atoms. The molecule has 1 aliphatic heterocycles. The van der Waals surface area contributed by atoms with E-state index < -0.39 is 42.9 Å². The highest BCUT2D eigenvalue weighted by Crippen LogP contribution is 2.24. The van der Waals surface area contributed by atoms with Gasteiger partial charge in [0.15, 0.2) is 6.29 Å². The van der Waals surface area contributed by atoms with Crippen molar-refractivity contribution in [2.45, 2.75) is 95.8 Å². The van der Waals surface area contributed by atoms with E-state index in [4.69, 9.17) is 19.3 Å². The number of aliphatic hydroxyl groups excluding tert-OH is 4. The zero-order valence-electron chi connectivity index (χ0n) is 15.4. The number of hydrogen-bond acceptors (Lipinski definition) is 8. The van der Waals surface area contributed by atoms with Crippen LogP contribution in [0.5, 0.6) is 0 Å². The third-order valence-electron chi connectivity index (χ3n) is 3.88. The third-order valence-corrected chi connectivity index (χ3v) is 3.88. The Kier molecular flexibility index (Phi) is 8.73. The van der Waals surface area contributed by atoms with Gasteiger partial charge in [0.25, 0.3) is 0 Å². The van der Waals surface area contributed by atoms with E-state index in [1.807, 2.05) is 20.8 Å². The van der Waals surface area contributed by atoms with Crippen LogP contribution in [0.2, 0.25) is 0 Å². The van der Waals surface area contributed by atoms with Gasteiger partial charge in [-0.25, -0.2) is 0 Å². The van der Waals surface area contributed by atoms with Gasteiger partial charge in [-0.1, -0.05) is 6.42 Å². The van der Waals surface area contributed by atoms with Gasteiger partial charge in [0, 0.05) is 6.42 Å². The zero-order valence-corrected chi connectivity index (χ0v) is 15.4. The van der Waals surface area contributed by atoms with Crippen molar-refractivity contribution >= 4 is 5.97 Å². The summed E-state index contributed by atoms with van der Waals surface area (Å²) < 4.78 is 16.1. The Morgan fingerprint density at radius 3 is 2.32 bits per heavy atom. The highest BCUT2D eigenvalue weighted by molar-refractivity contribution is 5.69. The Hall–Kier alpha value is -0.770. The number of carbonyl (C=O) groups excluding carboxylic acids is 1. The van der Waals surface area contributed by atoms with Gasteiger partial charge in [0.05, 0.1) is 12.7 Å². The number of unbranched alkanes of at least 4 members (excludes halogenated alkanes) is 1. The number of carbonyl (C=O) groups is 1. The molecule has 148 valence electrons. The molecule has 0 radical (unpaired) electrons. The Balaban J connectivity index is 2.32. The molecule has 0 saturated carbocycles. The summed E-state index contributed by atoms with van der Waals surface area (Å²) in [6, 6.07) is 0. The minimum absolute atomic E-state index is 0.241. The van der Waals surface area contributed by atoms with E-state index in [0.29, 0.717) is 19.3 Å². The molecule has 1 aliphatic rings. The minimum Gasteiger partial charge on any atom is -0.460 e. The smallest absolute Gasteiger partial charge is 0.306 e. The monoisotopic (exact) mass is 364 g/mol. The second-order valence-corrected chi connectivity index (χ2v) is 7.48. The molecule has 8 heteroatoms. The van der Waals surface area contributed by atoms with Gasteiger partial charge < -0.3 is 34.6 Å². The van der Waals surface area contributed by atoms with Crippen LogP contribution < -0.4 is 0 Å². The molecule has 0 aromatic carbocycles. The maximum Gasteiger partial charge on any atom is 0.306 e. The van der Waals surface area contributed by atoms with E-state index in [1.165, 1.54) is 0 Å². The van der Waals surface area contributed by atoms with Crippen molar-refractivity contribution in [3.8, 4) is 0 Å². The van der Waals surface area contributed by atoms with Crippen LogP contribution in [0.4, 0.5) is 0 Å². The largest absolute Gasteiger partial charge is 0.460 e. The van der Waals surface area contributed by atoms with E-state index in [0.717, 1.165) is 6.42 Å². The summed E-state index contributed by atoms with van der Waals surface area (Å²) in [6.07, 6.45) is -4.34. The van der Waals surface area contributed by atoms with Crippen LogP contribution in [-0.4, -0.2) is 75.4 Å². The third kappa shape index (κ3) is 7.55. The van der Waals surface area contributed by atoms with Crippen LogP contribution in [0.15, 0.2) is 0 Å². The predicted octanol–water partition coefficient (Wildman–Crippen LogP) is 0.0935. The fourth-order valence-electron chi connectivity index (χ4n) is 2.57. The average molecular weight is 364 g/mol. The van der Waals surface area contributed by atoms with E-state index in [9.17, 15) is 20.1 Å². The lowest BCUT2D eigenvalue weighted by Gasteiger charge is -2.40. The van der Waals surface area contributed by atoms with E-state index in [2.05, 4.69) is 0 Å². The first-order valence-electron chi connectivity index (χ1n) is 8.73. The molecule has 0 aromatic heterocycles. The van der Waals surface area contributed by atoms with Crippen LogP contribution in [0.1, 0.15) is 53.4 Å². The second-order valence-electron chi connectivity index (χ2n) is 7.48. The summed E-state index contributed by atoms with van der Waals surface area (Å²) in [7, 11) is 0. The molecular formula is C17H32O8. The fourth-order valence-corrected chi connectivity index (χ4v) is 2.57. The lowest BCUT2D eigenvalue weighted by atomic mass is 9.99. The van der Waals surface area contributed by atoms with Gasteiger partial charge in [0.1, 0.15) is 30.0 Å². The highest BCUT2D eigenvalue weighted by Gasteiger charge is 2.44. The summed E-state index contributed by atoms with van der Waals surface area (Å²) >= 11 is 0. The van der Waals surface area contributed by atoms with Crippen LogP contribution in [-0.2, 0) is 19.0 Å². The van der Waals surface area contributed by atoms with Crippen molar-refractivity contribution in [1.29, 1.82) is 0 Å². The van der Waals surface area contributed by atoms with Crippen molar-refractivity contribution in [2.24, 2.45) is 0 Å². The normalized spacial score (nSPS) is 31.6. The summed E-state index contributed by atoms with van der Waals surface area (Å²) in [4.78, 5) is 11.6. The van der Waals surface area contributed by atoms with Gasteiger partial charge in [-0.3, -0.25) is 4.79 Å². The quantitative estimate of drug-likeness (QED) is 0.353. The Labute approximate surface area is 148 Å². The molecule has 1 saturated heterocycles. The zero-order chi connectivity index (χ0) is 19.2. The number of rotatable bonds is 8. The first kappa shape index (κ1) is 22.3. The fraction of sp³-hybridized carbons (Fsp3) is 0.941. The van der Waals surface area contributed by atoms with Crippen molar-refractivity contribution < 1.29 is 39.4 Å². The van der Waals surface area contributed by atoms with Crippen molar-refractivity contribution in [3.63, 3.8) is 0 Å². The van der Waals surface area contributed by atoms with Crippen LogP contribution in [0.3, 0.4) is 0 Å². The summed E-state index contributed by atoms with van der Waals surface area (Å²) in [6.45, 7) is 6.76. The minimum atomic E-state index is -1.45. The number of ether oxygens (including phenoxy) is 3. The molecule has 1 heterocycles. The van der Waals surface area contributed by atoms with E-state index in [-0.39, 0.29) is 12.1 Å². The molecule has 8 nitrogen and oxygen atoms in total. The molecule has 0 aliphatic carbocycles. The Morgan fingerprint density at radius 1 is 1.12 bits per heavy atom. The molecule has 0 bridgehead atoms. The van der Waals surface area contributed by atoms with E-state index in [1.54, 1.807) is 6.92 Å². The summed E-state index contributed by atoms with van der Waals surface area (Å²) in [5.41, 5.74) is -0.489. The van der Waals surface area contributed by atoms with Gasteiger partial charge in [-0.05, 0) is 40.5 Å². The molecule has 0 amide bonds. The topological polar surface area (TPSA) is 126 Å². The van der Waals surface area contributed by atoms with Gasteiger partial charge in [-0.15, -0.1) is 0 Å². The van der Waals surface area contributed by atoms with Crippen LogP contribution >= 0.6 is 0 Å². The lowest BCUT2D eigenvalue weighted by Crippen LogP contribution is -2.59. The van der Waals surface area contributed by atoms with Gasteiger partial charge >= 0.3 is 5.97 Å². The van der Waals surface area contributed by atoms with Gasteiger partial charge in [0.2, 0.25) is 0 Å². The molecular weight excluding hydrogens is 332 g/mol. The summed E-state index contributed by atoms with van der Waals surface area (Å²) in [5.74, 6) is -0.241. The second kappa shape index (κ2) is 9.80. The molecule has 1 fully saturated rings. The van der Waals surface area contributed by atoms with Crippen LogP contribution in [0, 0.1) is 0 Å². The Morgan fingerprint density at radius 2 is 1.76 bits per heavy atom. The Bertz CT molecular complexity index is 406. The molecule has 4 N–H and O–H groups in total. The molecule has 0 spiro atoms. The molecule has 1 rings (SSSR count). The molecule has 6 atom stereocenters. The van der Waals surface area contributed by atoms with Crippen LogP contribution in [0.25, 0.3) is 0 Å². The number of hydrogen-bond donors (Lipinski definition) is 4. The molecule has 4 unspecified atom stereocenters. The van der Waals surface area contributed by atoms with E-state index >= 15 is 0 Å². The summed E-state index contributed by atoms with van der Waals surface area (Å²) in [5, 5.41) is 38.5. The maximum absolute atomic E-state index is 11.6. The first-order chi connectivity index (χ1) is 11.5. The predicted molar refractivity (Wildman–Crippen MR) is 88.6 cm³/mol. The van der Waals surface area contributed by atoms with Crippen molar-refractivity contribution in [3.05, 3.63) is 0 Å². The number of esters is 1. The SMILES string of the molecule is CC(CCCCC(=O)OC(C)(C)C)O[C@H]1OC(CO)[C@@H](O)C(O)C1O. The van der Waals surface area contributed by atoms with Crippen molar-refractivity contribution in [1.82, 2.24) is 0 Å². The highest BCUT2D eigenvalue weighted by atomic mass is 16.7. The standard InChI is InChI=1S/C17H32O8/c1-10(7-5-6-8-12(19)25-17(2,3)4)23-16-15(22)14(21)13(20)11(9-18)24-16/h10-11,13-16,18,20-22H,5-9H2,1-4H3/t10?,11?,13-,14?,15?,16+/m1/s1. The average Bonchev–Trinajstić information content (AvgIpc) is 2.50. The molecule has 0 aromatic rings. The maximum atomic E-state index is 11.6.